The van der Waals surface area contributed by atoms with Gasteiger partial charge in [-0.15, -0.1) is 0 Å². The molecule has 3 aromatic rings. The third kappa shape index (κ3) is 4.17. The lowest BCUT2D eigenvalue weighted by molar-refractivity contribution is 0.0668. The van der Waals surface area contributed by atoms with Gasteiger partial charge in [0, 0.05) is 51.0 Å². The molecule has 176 valence electrons. The van der Waals surface area contributed by atoms with Gasteiger partial charge in [0.05, 0.1) is 28.7 Å². The molecule has 0 saturated carbocycles. The predicted molar refractivity (Wildman–Crippen MR) is 127 cm³/mol. The highest BCUT2D eigenvalue weighted by Crippen LogP contribution is 2.31. The predicted octanol–water partition coefficient (Wildman–Crippen LogP) is 3.43. The van der Waals surface area contributed by atoms with Gasteiger partial charge < -0.3 is 19.4 Å². The fourth-order valence-corrected chi connectivity index (χ4v) is 5.31. The van der Waals surface area contributed by atoms with E-state index in [2.05, 4.69) is 10.1 Å². The van der Waals surface area contributed by atoms with Crippen LogP contribution in [0.3, 0.4) is 0 Å². The lowest BCUT2D eigenvalue weighted by Crippen LogP contribution is -2.39. The summed E-state index contributed by atoms with van der Waals surface area (Å²) in [7, 11) is 1.74. The zero-order valence-electron chi connectivity index (χ0n) is 19.4. The summed E-state index contributed by atoms with van der Waals surface area (Å²) in [4.78, 5) is 31.2. The molecule has 2 aromatic heterocycles. The molecule has 8 heteroatoms. The van der Waals surface area contributed by atoms with Gasteiger partial charge in [-0.3, -0.25) is 14.3 Å². The Bertz CT molecular complexity index is 1220. The maximum atomic E-state index is 13.5. The molecule has 0 unspecified atom stereocenters. The molecule has 4 heterocycles. The number of rotatable bonds is 5. The number of hydrogen-bond acceptors (Lipinski definition) is 5. The highest BCUT2D eigenvalue weighted by molar-refractivity contribution is 6.07. The van der Waals surface area contributed by atoms with Crippen LogP contribution in [0.5, 0.6) is 0 Å². The van der Waals surface area contributed by atoms with Crippen molar-refractivity contribution < 1.29 is 14.3 Å². The van der Waals surface area contributed by atoms with E-state index < -0.39 is 0 Å². The molecule has 1 N–H and O–H groups in total. The highest BCUT2D eigenvalue weighted by Gasteiger charge is 2.26. The van der Waals surface area contributed by atoms with Crippen LogP contribution in [0.15, 0.2) is 23.1 Å². The Morgan fingerprint density at radius 1 is 1.18 bits per heavy atom. The van der Waals surface area contributed by atoms with Crippen LogP contribution in [0.4, 0.5) is 0 Å². The van der Waals surface area contributed by atoms with Crippen molar-refractivity contribution in [1.82, 2.24) is 19.7 Å². The molecule has 2 aliphatic heterocycles. The monoisotopic (exact) mass is 452 g/mol. The molecule has 0 radical (unpaired) electrons. The molecule has 0 spiro atoms. The number of piperidine rings is 1. The zero-order valence-corrected chi connectivity index (χ0v) is 19.4. The minimum absolute atomic E-state index is 0.0658. The first-order chi connectivity index (χ1) is 16.1. The number of aromatic amines is 1. The summed E-state index contributed by atoms with van der Waals surface area (Å²) in [6.07, 6.45) is 6.44. The van der Waals surface area contributed by atoms with Crippen LogP contribution in [0.25, 0.3) is 21.8 Å². The molecule has 0 atom stereocenters. The molecule has 0 bridgehead atoms. The quantitative estimate of drug-likeness (QED) is 0.641. The Labute approximate surface area is 192 Å². The summed E-state index contributed by atoms with van der Waals surface area (Å²) in [5, 5.41) is 6.02. The maximum Gasteiger partial charge on any atom is 0.259 e. The van der Waals surface area contributed by atoms with Crippen LogP contribution in [-0.4, -0.2) is 65.6 Å². The Morgan fingerprint density at radius 3 is 2.67 bits per heavy atom. The minimum atomic E-state index is -0.146. The van der Waals surface area contributed by atoms with Crippen molar-refractivity contribution in [2.45, 2.75) is 45.1 Å². The van der Waals surface area contributed by atoms with Gasteiger partial charge >= 0.3 is 0 Å². The largest absolute Gasteiger partial charge is 0.385 e. The zero-order chi connectivity index (χ0) is 22.9. The molecule has 2 aliphatic rings. The summed E-state index contributed by atoms with van der Waals surface area (Å²) >= 11 is 0. The average Bonchev–Trinajstić information content (AvgIpc) is 3.29. The van der Waals surface area contributed by atoms with Crippen molar-refractivity contribution in [3.05, 3.63) is 39.8 Å². The molecule has 1 aromatic carbocycles. The fraction of sp³-hybridized carbons (Fsp3) is 0.560. The number of aryl methyl sites for hydroxylation is 1. The van der Waals surface area contributed by atoms with Gasteiger partial charge in [0.15, 0.2) is 0 Å². The van der Waals surface area contributed by atoms with Crippen molar-refractivity contribution in [2.24, 2.45) is 5.92 Å². The smallest absolute Gasteiger partial charge is 0.259 e. The minimum Gasteiger partial charge on any atom is -0.385 e. The standard InChI is InChI=1S/C25H32N4O4/c1-16-13-22-20(14-19(16)25(31)28-8-3-17(4-9-28)5-10-32-2)23-21(24(30)27-22)15-26-29(23)18-6-11-33-12-7-18/h13-15,17-18H,3-12H2,1-2H3,(H,27,30). The first-order valence-corrected chi connectivity index (χ1v) is 12.0. The summed E-state index contributed by atoms with van der Waals surface area (Å²) in [6, 6.07) is 4.07. The molecular weight excluding hydrogens is 420 g/mol. The van der Waals surface area contributed by atoms with Gasteiger partial charge in [-0.2, -0.15) is 5.10 Å². The number of nitrogens with one attached hydrogen (secondary N) is 1. The number of ether oxygens (including phenoxy) is 2. The van der Waals surface area contributed by atoms with Crippen LogP contribution < -0.4 is 5.56 Å². The van der Waals surface area contributed by atoms with Crippen LogP contribution in [-0.2, 0) is 9.47 Å². The first-order valence-electron chi connectivity index (χ1n) is 12.0. The number of nitrogens with zero attached hydrogens (tertiary/aromatic N) is 3. The molecule has 8 nitrogen and oxygen atoms in total. The molecule has 33 heavy (non-hydrogen) atoms. The maximum absolute atomic E-state index is 13.5. The highest BCUT2D eigenvalue weighted by atomic mass is 16.5. The van der Waals surface area contributed by atoms with Crippen molar-refractivity contribution in [1.29, 1.82) is 0 Å². The number of H-pyrrole nitrogens is 1. The lowest BCUT2D eigenvalue weighted by Gasteiger charge is -2.32. The number of hydrogen-bond donors (Lipinski definition) is 1. The summed E-state index contributed by atoms with van der Waals surface area (Å²) < 4.78 is 12.7. The van der Waals surface area contributed by atoms with Crippen LogP contribution in [0, 0.1) is 12.8 Å². The fourth-order valence-electron chi connectivity index (χ4n) is 5.31. The number of amides is 1. The van der Waals surface area contributed by atoms with Gasteiger partial charge in [-0.25, -0.2) is 0 Å². The molecule has 0 aliphatic carbocycles. The van der Waals surface area contributed by atoms with E-state index >= 15 is 0 Å². The molecule has 1 amide bonds. The van der Waals surface area contributed by atoms with Gasteiger partial charge in [0.2, 0.25) is 0 Å². The number of fused-ring (bicyclic) bond motifs is 3. The number of aromatic nitrogens is 3. The molecule has 5 rings (SSSR count). The van der Waals surface area contributed by atoms with E-state index in [-0.39, 0.29) is 17.5 Å². The number of benzene rings is 1. The van der Waals surface area contributed by atoms with Crippen molar-refractivity contribution in [2.75, 3.05) is 40.0 Å². The van der Waals surface area contributed by atoms with Crippen molar-refractivity contribution >= 4 is 27.7 Å². The van der Waals surface area contributed by atoms with E-state index in [9.17, 15) is 9.59 Å². The van der Waals surface area contributed by atoms with Gasteiger partial charge in [-0.1, -0.05) is 0 Å². The van der Waals surface area contributed by atoms with Crippen LogP contribution in [0.1, 0.15) is 54.1 Å². The second kappa shape index (κ2) is 9.27. The Balaban J connectivity index is 1.51. The number of carbonyl (C=O) groups is 1. The molecule has 2 fully saturated rings. The Hall–Kier alpha value is -2.71. The first kappa shape index (κ1) is 22.1. The van der Waals surface area contributed by atoms with E-state index in [0.717, 1.165) is 73.8 Å². The molecular formula is C25H32N4O4. The van der Waals surface area contributed by atoms with Crippen molar-refractivity contribution in [3.63, 3.8) is 0 Å². The Kier molecular flexibility index (Phi) is 6.21. The van der Waals surface area contributed by atoms with Gasteiger partial charge in [0.1, 0.15) is 0 Å². The van der Waals surface area contributed by atoms with Crippen molar-refractivity contribution in [3.8, 4) is 0 Å². The number of carbonyl (C=O) groups excluding carboxylic acids is 1. The van der Waals surface area contributed by atoms with E-state index in [1.807, 2.05) is 28.6 Å². The van der Waals surface area contributed by atoms with Gasteiger partial charge in [0.25, 0.3) is 11.5 Å². The van der Waals surface area contributed by atoms with E-state index in [0.29, 0.717) is 30.1 Å². The van der Waals surface area contributed by atoms with Crippen LogP contribution >= 0.6 is 0 Å². The average molecular weight is 453 g/mol. The second-order valence-electron chi connectivity index (χ2n) is 9.38. The third-order valence-corrected chi connectivity index (χ3v) is 7.31. The number of likely N-dealkylation sites (tertiary alicyclic amines) is 1. The second-order valence-corrected chi connectivity index (χ2v) is 9.38. The van der Waals surface area contributed by atoms with Crippen LogP contribution in [0.2, 0.25) is 0 Å². The van der Waals surface area contributed by atoms with E-state index in [1.165, 1.54) is 0 Å². The SMILES string of the molecule is COCCC1CCN(C(=O)c2cc3c(cc2C)[nH]c(=O)c2cnn(C4CCOCC4)c23)CC1. The normalized spacial score (nSPS) is 18.4. The van der Waals surface area contributed by atoms with E-state index in [1.54, 1.807) is 13.3 Å². The van der Waals surface area contributed by atoms with E-state index in [4.69, 9.17) is 9.47 Å². The number of pyridine rings is 1. The Morgan fingerprint density at radius 2 is 1.94 bits per heavy atom. The molecule has 2 saturated heterocycles. The number of methoxy groups -OCH3 is 1. The third-order valence-electron chi connectivity index (χ3n) is 7.31. The summed E-state index contributed by atoms with van der Waals surface area (Å²) in [5.74, 6) is 0.682. The lowest BCUT2D eigenvalue weighted by atomic mass is 9.93. The summed E-state index contributed by atoms with van der Waals surface area (Å²) in [6.45, 7) is 5.64. The van der Waals surface area contributed by atoms with Gasteiger partial charge in [-0.05, 0) is 62.6 Å². The topological polar surface area (TPSA) is 89.5 Å². The summed E-state index contributed by atoms with van der Waals surface area (Å²) in [5.41, 5.74) is 2.99.